The summed E-state index contributed by atoms with van der Waals surface area (Å²) in [5.74, 6) is 1.47. The Balaban J connectivity index is 1.71. The summed E-state index contributed by atoms with van der Waals surface area (Å²) in [6.45, 7) is 7.09. The van der Waals surface area contributed by atoms with Gasteiger partial charge in [0.05, 0.1) is 19.0 Å². The van der Waals surface area contributed by atoms with Crippen LogP contribution in [0.4, 0.5) is 0 Å². The van der Waals surface area contributed by atoms with Crippen molar-refractivity contribution in [2.45, 2.75) is 46.5 Å². The summed E-state index contributed by atoms with van der Waals surface area (Å²) in [4.78, 5) is 5.24. The van der Waals surface area contributed by atoms with E-state index < -0.39 is 0 Å². The van der Waals surface area contributed by atoms with Crippen molar-refractivity contribution in [2.75, 3.05) is 7.11 Å². The van der Waals surface area contributed by atoms with Gasteiger partial charge < -0.3 is 4.74 Å². The minimum atomic E-state index is 0.294. The second-order valence-corrected chi connectivity index (χ2v) is 10.1. The molecule has 0 N–H and O–H groups in total. The summed E-state index contributed by atoms with van der Waals surface area (Å²) in [6.07, 6.45) is 6.31. The molecule has 5 heteroatoms. The average Bonchev–Trinajstić information content (AvgIpc) is 3.28. The van der Waals surface area contributed by atoms with Crippen molar-refractivity contribution in [3.63, 3.8) is 0 Å². The normalized spacial score (nSPS) is 16.1. The number of fused-ring (bicyclic) bond motifs is 3. The van der Waals surface area contributed by atoms with E-state index in [-0.39, 0.29) is 0 Å². The van der Waals surface area contributed by atoms with Gasteiger partial charge in [-0.1, -0.05) is 50.9 Å². The molecule has 0 aliphatic heterocycles. The predicted molar refractivity (Wildman–Crippen MR) is 135 cm³/mol. The van der Waals surface area contributed by atoms with Crippen LogP contribution in [0.15, 0.2) is 54.7 Å². The Bertz CT molecular complexity index is 1290. The standard InChI is InChI=1S/C28H30ClN3O/c1-5-28(2,3)20-10-15-25-23(16-20)26(19-8-13-22(33-4)14-9-19)31-27-24(17-30-32(25)27)18-6-11-21(29)12-7-18/h6-9,11-14,17,20H,5,10,15-16H2,1-4H3/t20-/m1/s1. The van der Waals surface area contributed by atoms with E-state index in [4.69, 9.17) is 26.4 Å². The molecule has 4 aromatic rings. The third-order valence-corrected chi connectivity index (χ3v) is 7.82. The van der Waals surface area contributed by atoms with Gasteiger partial charge in [-0.3, -0.25) is 0 Å². The summed E-state index contributed by atoms with van der Waals surface area (Å²) in [6, 6.07) is 16.2. The quantitative estimate of drug-likeness (QED) is 0.315. The van der Waals surface area contributed by atoms with E-state index in [9.17, 15) is 0 Å². The number of hydrogen-bond donors (Lipinski definition) is 0. The zero-order valence-corrected chi connectivity index (χ0v) is 20.5. The number of hydrogen-bond acceptors (Lipinski definition) is 3. The Morgan fingerprint density at radius 3 is 2.42 bits per heavy atom. The van der Waals surface area contributed by atoms with Gasteiger partial charge in [0.25, 0.3) is 0 Å². The minimum Gasteiger partial charge on any atom is -0.497 e. The van der Waals surface area contributed by atoms with Crippen LogP contribution in [0.2, 0.25) is 5.02 Å². The third-order valence-electron chi connectivity index (χ3n) is 7.57. The first-order chi connectivity index (χ1) is 15.9. The Hall–Kier alpha value is -2.85. The van der Waals surface area contributed by atoms with E-state index in [1.165, 1.54) is 24.1 Å². The van der Waals surface area contributed by atoms with Crippen molar-refractivity contribution in [3.05, 3.63) is 71.0 Å². The molecule has 1 aliphatic carbocycles. The lowest BCUT2D eigenvalue weighted by Gasteiger charge is -2.37. The van der Waals surface area contributed by atoms with E-state index in [1.54, 1.807) is 7.11 Å². The van der Waals surface area contributed by atoms with Crippen LogP contribution < -0.4 is 4.74 Å². The SMILES string of the molecule is CCC(C)(C)[C@@H]1CCc2c(c(-c3ccc(OC)cc3)nc3c(-c4ccc(Cl)cc4)cnn23)C1. The van der Waals surface area contributed by atoms with E-state index in [0.29, 0.717) is 11.3 Å². The van der Waals surface area contributed by atoms with Gasteiger partial charge in [0.1, 0.15) is 5.75 Å². The van der Waals surface area contributed by atoms with Gasteiger partial charge in [0.15, 0.2) is 5.65 Å². The van der Waals surface area contributed by atoms with Crippen molar-refractivity contribution in [1.29, 1.82) is 0 Å². The third kappa shape index (κ3) is 3.91. The number of ether oxygens (including phenoxy) is 1. The number of methoxy groups -OCH3 is 1. The highest BCUT2D eigenvalue weighted by Gasteiger charge is 2.34. The van der Waals surface area contributed by atoms with Crippen molar-refractivity contribution in [3.8, 4) is 28.1 Å². The summed E-state index contributed by atoms with van der Waals surface area (Å²) < 4.78 is 7.46. The van der Waals surface area contributed by atoms with Crippen LogP contribution >= 0.6 is 11.6 Å². The molecule has 1 atom stereocenters. The van der Waals surface area contributed by atoms with Crippen LogP contribution in [0.25, 0.3) is 28.0 Å². The number of nitrogens with zero attached hydrogens (tertiary/aromatic N) is 3. The average molecular weight is 460 g/mol. The molecule has 2 aromatic carbocycles. The van der Waals surface area contributed by atoms with E-state index in [2.05, 4.69) is 37.4 Å². The Morgan fingerprint density at radius 1 is 1.06 bits per heavy atom. The molecule has 0 amide bonds. The smallest absolute Gasteiger partial charge is 0.163 e. The first-order valence-corrected chi connectivity index (χ1v) is 12.1. The molecule has 0 saturated heterocycles. The fourth-order valence-corrected chi connectivity index (χ4v) is 5.12. The second kappa shape index (κ2) is 8.49. The van der Waals surface area contributed by atoms with Gasteiger partial charge in [0, 0.05) is 27.4 Å². The summed E-state index contributed by atoms with van der Waals surface area (Å²) in [5.41, 5.74) is 8.09. The Labute approximate surface area is 200 Å². The molecular weight excluding hydrogens is 430 g/mol. The molecular formula is C28H30ClN3O. The minimum absolute atomic E-state index is 0.294. The predicted octanol–water partition coefficient (Wildman–Crippen LogP) is 7.27. The van der Waals surface area contributed by atoms with Gasteiger partial charge >= 0.3 is 0 Å². The van der Waals surface area contributed by atoms with Crippen LogP contribution in [0.3, 0.4) is 0 Å². The number of halogens is 1. The number of benzene rings is 2. The van der Waals surface area contributed by atoms with Crippen LogP contribution in [0, 0.1) is 11.3 Å². The van der Waals surface area contributed by atoms with Crippen molar-refractivity contribution < 1.29 is 4.74 Å². The Kier molecular flexibility index (Phi) is 5.65. The molecule has 0 unspecified atom stereocenters. The molecule has 0 spiro atoms. The molecule has 0 bridgehead atoms. The van der Waals surface area contributed by atoms with Crippen LogP contribution in [0.1, 0.15) is 44.9 Å². The zero-order valence-electron chi connectivity index (χ0n) is 19.7. The molecule has 4 nitrogen and oxygen atoms in total. The first-order valence-electron chi connectivity index (χ1n) is 11.7. The monoisotopic (exact) mass is 459 g/mol. The van der Waals surface area contributed by atoms with Crippen molar-refractivity contribution in [1.82, 2.24) is 14.6 Å². The molecule has 5 rings (SSSR count). The summed E-state index contributed by atoms with van der Waals surface area (Å²) >= 11 is 6.13. The lowest BCUT2D eigenvalue weighted by molar-refractivity contribution is 0.181. The highest BCUT2D eigenvalue weighted by molar-refractivity contribution is 6.30. The Morgan fingerprint density at radius 2 is 1.76 bits per heavy atom. The van der Waals surface area contributed by atoms with Gasteiger partial charge in [-0.05, 0) is 72.6 Å². The molecule has 2 heterocycles. The molecule has 0 saturated carbocycles. The van der Waals surface area contributed by atoms with Gasteiger partial charge in [0.2, 0.25) is 0 Å². The lowest BCUT2D eigenvalue weighted by Crippen LogP contribution is -2.30. The molecule has 2 aromatic heterocycles. The largest absolute Gasteiger partial charge is 0.497 e. The molecule has 0 radical (unpaired) electrons. The van der Waals surface area contributed by atoms with Gasteiger partial charge in [-0.25, -0.2) is 9.50 Å². The fraction of sp³-hybridized carbons (Fsp3) is 0.357. The molecule has 170 valence electrons. The van der Waals surface area contributed by atoms with Crippen LogP contribution in [-0.2, 0) is 12.8 Å². The molecule has 1 aliphatic rings. The van der Waals surface area contributed by atoms with Gasteiger partial charge in [-0.2, -0.15) is 5.10 Å². The molecule has 0 fully saturated rings. The highest BCUT2D eigenvalue weighted by atomic mass is 35.5. The second-order valence-electron chi connectivity index (χ2n) is 9.70. The molecule has 33 heavy (non-hydrogen) atoms. The van der Waals surface area contributed by atoms with Crippen LogP contribution in [-0.4, -0.2) is 21.7 Å². The summed E-state index contributed by atoms with van der Waals surface area (Å²) in [7, 11) is 1.70. The zero-order chi connectivity index (χ0) is 23.2. The fourth-order valence-electron chi connectivity index (χ4n) is 4.99. The van der Waals surface area contributed by atoms with Crippen molar-refractivity contribution in [2.24, 2.45) is 11.3 Å². The lowest BCUT2D eigenvalue weighted by atomic mass is 9.68. The van der Waals surface area contributed by atoms with E-state index in [1.807, 2.05) is 42.6 Å². The topological polar surface area (TPSA) is 39.4 Å². The maximum Gasteiger partial charge on any atom is 0.163 e. The number of aromatic nitrogens is 3. The van der Waals surface area contributed by atoms with Crippen LogP contribution in [0.5, 0.6) is 5.75 Å². The van der Waals surface area contributed by atoms with Gasteiger partial charge in [-0.15, -0.1) is 0 Å². The maximum atomic E-state index is 6.13. The van der Waals surface area contributed by atoms with E-state index >= 15 is 0 Å². The first kappa shape index (κ1) is 22.0. The maximum absolute atomic E-state index is 6.13. The number of rotatable bonds is 5. The number of aryl methyl sites for hydroxylation is 1. The highest BCUT2D eigenvalue weighted by Crippen LogP contribution is 2.43. The summed E-state index contributed by atoms with van der Waals surface area (Å²) in [5, 5.41) is 5.53. The van der Waals surface area contributed by atoms with E-state index in [0.717, 1.165) is 51.6 Å². The van der Waals surface area contributed by atoms with Crippen molar-refractivity contribution >= 4 is 17.2 Å².